The molecule has 1 aliphatic carbocycles. The number of nitrogens with one attached hydrogen (secondary N) is 1. The predicted octanol–water partition coefficient (Wildman–Crippen LogP) is 3.61. The van der Waals surface area contributed by atoms with Crippen LogP contribution in [0.25, 0.3) is 0 Å². The lowest BCUT2D eigenvalue weighted by Crippen LogP contribution is -2.33. The molecular formula is C18H29NO2S. The minimum atomic E-state index is -0.921. The Morgan fingerprint density at radius 1 is 1.27 bits per heavy atom. The first kappa shape index (κ1) is 17.5. The van der Waals surface area contributed by atoms with Gasteiger partial charge in [0.2, 0.25) is 0 Å². The Balaban J connectivity index is 1.63. The first-order chi connectivity index (χ1) is 10.6. The molecule has 0 spiro atoms. The maximum atomic E-state index is 11.3. The van der Waals surface area contributed by atoms with Crippen molar-refractivity contribution in [2.24, 2.45) is 11.8 Å². The van der Waals surface area contributed by atoms with Crippen molar-refractivity contribution in [2.45, 2.75) is 50.5 Å². The Labute approximate surface area is 137 Å². The van der Waals surface area contributed by atoms with E-state index in [-0.39, 0.29) is 0 Å². The van der Waals surface area contributed by atoms with E-state index in [0.717, 1.165) is 42.1 Å². The topological polar surface area (TPSA) is 38.3 Å². The van der Waals surface area contributed by atoms with Gasteiger partial charge >= 0.3 is 0 Å². The molecule has 1 N–H and O–H groups in total. The van der Waals surface area contributed by atoms with Crippen molar-refractivity contribution in [3.63, 3.8) is 0 Å². The van der Waals surface area contributed by atoms with Crippen LogP contribution in [0.5, 0.6) is 5.75 Å². The highest BCUT2D eigenvalue weighted by molar-refractivity contribution is 7.84. The molecule has 2 unspecified atom stereocenters. The molecule has 0 amide bonds. The van der Waals surface area contributed by atoms with E-state index in [1.54, 1.807) is 6.26 Å². The van der Waals surface area contributed by atoms with Crippen LogP contribution in [-0.2, 0) is 10.8 Å². The van der Waals surface area contributed by atoms with Gasteiger partial charge in [0.05, 0.1) is 6.61 Å². The predicted molar refractivity (Wildman–Crippen MR) is 92.9 cm³/mol. The molecule has 124 valence electrons. The Kier molecular flexibility index (Phi) is 6.90. The van der Waals surface area contributed by atoms with Crippen LogP contribution in [0.1, 0.15) is 39.5 Å². The number of ether oxygens (including phenoxy) is 1. The summed E-state index contributed by atoms with van der Waals surface area (Å²) in [6.45, 7) is 6.34. The number of hydrogen-bond acceptors (Lipinski definition) is 3. The minimum absolute atomic E-state index is 0.693. The van der Waals surface area contributed by atoms with Gasteiger partial charge in [-0.2, -0.15) is 0 Å². The van der Waals surface area contributed by atoms with Gasteiger partial charge in [-0.15, -0.1) is 0 Å². The van der Waals surface area contributed by atoms with Crippen molar-refractivity contribution in [3.05, 3.63) is 24.3 Å². The van der Waals surface area contributed by atoms with Crippen LogP contribution in [0.2, 0.25) is 0 Å². The molecule has 0 heterocycles. The molecule has 1 aliphatic rings. The highest BCUT2D eigenvalue weighted by Crippen LogP contribution is 2.35. The summed E-state index contributed by atoms with van der Waals surface area (Å²) in [5.74, 6) is 2.53. The van der Waals surface area contributed by atoms with Crippen molar-refractivity contribution < 1.29 is 8.95 Å². The van der Waals surface area contributed by atoms with Gasteiger partial charge in [-0.05, 0) is 68.3 Å². The molecule has 1 fully saturated rings. The smallest absolute Gasteiger partial charge is 0.119 e. The fraction of sp³-hybridized carbons (Fsp3) is 0.667. The third-order valence-corrected chi connectivity index (χ3v) is 5.00. The lowest BCUT2D eigenvalue weighted by Gasteiger charge is -2.20. The molecule has 22 heavy (non-hydrogen) atoms. The largest absolute Gasteiger partial charge is 0.494 e. The highest BCUT2D eigenvalue weighted by atomic mass is 32.2. The summed E-state index contributed by atoms with van der Waals surface area (Å²) in [7, 11) is -0.921. The molecule has 0 bridgehead atoms. The van der Waals surface area contributed by atoms with E-state index >= 15 is 0 Å². The zero-order valence-electron chi connectivity index (χ0n) is 14.0. The number of rotatable bonds is 10. The Morgan fingerprint density at radius 3 is 2.50 bits per heavy atom. The molecular weight excluding hydrogens is 294 g/mol. The third-order valence-electron chi connectivity index (χ3n) is 4.07. The van der Waals surface area contributed by atoms with Gasteiger partial charge in [0.15, 0.2) is 0 Å². The molecule has 3 nitrogen and oxygen atoms in total. The molecule has 1 aromatic rings. The van der Waals surface area contributed by atoms with Crippen LogP contribution >= 0.6 is 0 Å². The molecule has 0 saturated heterocycles. The first-order valence-corrected chi connectivity index (χ1v) is 9.91. The zero-order chi connectivity index (χ0) is 15.9. The molecule has 1 aromatic carbocycles. The molecule has 4 heteroatoms. The average Bonchev–Trinajstić information content (AvgIpc) is 3.30. The van der Waals surface area contributed by atoms with Gasteiger partial charge in [0.1, 0.15) is 5.75 Å². The van der Waals surface area contributed by atoms with Crippen molar-refractivity contribution in [1.82, 2.24) is 5.32 Å². The summed E-state index contributed by atoms with van der Waals surface area (Å²) in [6.07, 6.45) is 6.77. The maximum absolute atomic E-state index is 11.3. The summed E-state index contributed by atoms with van der Waals surface area (Å²) in [6, 6.07) is 8.23. The Hall–Kier alpha value is -0.870. The van der Waals surface area contributed by atoms with Crippen molar-refractivity contribution in [1.29, 1.82) is 0 Å². The van der Waals surface area contributed by atoms with E-state index in [1.807, 2.05) is 24.3 Å². The van der Waals surface area contributed by atoms with Crippen LogP contribution in [0.3, 0.4) is 0 Å². The average molecular weight is 324 g/mol. The van der Waals surface area contributed by atoms with E-state index in [9.17, 15) is 4.21 Å². The van der Waals surface area contributed by atoms with E-state index in [1.165, 1.54) is 19.3 Å². The standard InChI is InChI=1S/C18H29NO2S/c1-14(2)13-18(15-5-6-15)19-11-4-12-21-16-7-9-17(10-8-16)22(3)20/h7-10,14-15,18-19H,4-6,11-13H2,1-3H3. The second-order valence-corrected chi connectivity index (χ2v) is 8.03. The Morgan fingerprint density at radius 2 is 1.95 bits per heavy atom. The van der Waals surface area contributed by atoms with E-state index in [2.05, 4.69) is 19.2 Å². The van der Waals surface area contributed by atoms with Gasteiger partial charge < -0.3 is 10.1 Å². The van der Waals surface area contributed by atoms with Crippen molar-refractivity contribution in [2.75, 3.05) is 19.4 Å². The first-order valence-electron chi connectivity index (χ1n) is 8.36. The van der Waals surface area contributed by atoms with E-state index < -0.39 is 10.8 Å². The number of benzene rings is 1. The lowest BCUT2D eigenvalue weighted by molar-refractivity contribution is 0.297. The highest BCUT2D eigenvalue weighted by Gasteiger charge is 2.30. The van der Waals surface area contributed by atoms with Crippen LogP contribution in [0.4, 0.5) is 0 Å². The fourth-order valence-electron chi connectivity index (χ4n) is 2.73. The van der Waals surface area contributed by atoms with Crippen LogP contribution < -0.4 is 10.1 Å². The van der Waals surface area contributed by atoms with Gasteiger partial charge in [0, 0.05) is 28.0 Å². The van der Waals surface area contributed by atoms with Crippen molar-refractivity contribution in [3.8, 4) is 5.75 Å². The van der Waals surface area contributed by atoms with Gasteiger partial charge in [-0.3, -0.25) is 4.21 Å². The Bertz CT molecular complexity index is 468. The minimum Gasteiger partial charge on any atom is -0.494 e. The van der Waals surface area contributed by atoms with Gasteiger partial charge in [0.25, 0.3) is 0 Å². The summed E-state index contributed by atoms with van der Waals surface area (Å²) in [4.78, 5) is 0.843. The normalized spacial score (nSPS) is 17.5. The van der Waals surface area contributed by atoms with Crippen LogP contribution in [0.15, 0.2) is 29.2 Å². The van der Waals surface area contributed by atoms with Crippen LogP contribution in [0, 0.1) is 11.8 Å². The second-order valence-electron chi connectivity index (χ2n) is 6.66. The zero-order valence-corrected chi connectivity index (χ0v) is 14.8. The molecule has 2 atom stereocenters. The van der Waals surface area contributed by atoms with E-state index in [0.29, 0.717) is 6.04 Å². The summed E-state index contributed by atoms with van der Waals surface area (Å²) < 4.78 is 17.1. The van der Waals surface area contributed by atoms with Gasteiger partial charge in [-0.1, -0.05) is 13.8 Å². The fourth-order valence-corrected chi connectivity index (χ4v) is 3.25. The molecule has 2 rings (SSSR count). The van der Waals surface area contributed by atoms with Gasteiger partial charge in [-0.25, -0.2) is 0 Å². The maximum Gasteiger partial charge on any atom is 0.119 e. The second kappa shape index (κ2) is 8.68. The monoisotopic (exact) mass is 323 g/mol. The van der Waals surface area contributed by atoms with Crippen LogP contribution in [-0.4, -0.2) is 29.7 Å². The third kappa shape index (κ3) is 6.09. The lowest BCUT2D eigenvalue weighted by atomic mass is 10.00. The molecule has 0 radical (unpaired) electrons. The summed E-state index contributed by atoms with van der Waals surface area (Å²) >= 11 is 0. The molecule has 1 saturated carbocycles. The number of hydrogen-bond donors (Lipinski definition) is 1. The summed E-state index contributed by atoms with van der Waals surface area (Å²) in [5.41, 5.74) is 0. The van der Waals surface area contributed by atoms with Crippen molar-refractivity contribution >= 4 is 10.8 Å². The molecule has 0 aliphatic heterocycles. The van der Waals surface area contributed by atoms with E-state index in [4.69, 9.17) is 4.74 Å². The quantitative estimate of drug-likeness (QED) is 0.669. The molecule has 0 aromatic heterocycles. The summed E-state index contributed by atoms with van der Waals surface area (Å²) in [5, 5.41) is 3.70. The SMILES string of the molecule is CC(C)CC(NCCCOc1ccc(S(C)=O)cc1)C1CC1.